The van der Waals surface area contributed by atoms with E-state index in [1.807, 2.05) is 0 Å². The van der Waals surface area contributed by atoms with Crippen molar-refractivity contribution in [3.05, 3.63) is 0 Å². The zero-order valence-corrected chi connectivity index (χ0v) is 4.50. The molecule has 0 nitrogen and oxygen atoms in total. The van der Waals surface area contributed by atoms with Crippen LogP contribution in [-0.4, -0.2) is 0 Å². The average Bonchev–Trinajstić information content (AvgIpc) is 1.58. The lowest BCUT2D eigenvalue weighted by Crippen LogP contribution is -1.81. The molecule has 0 aliphatic heterocycles. The van der Waals surface area contributed by atoms with Gasteiger partial charge in [0.1, 0.15) is 0 Å². The van der Waals surface area contributed by atoms with Gasteiger partial charge >= 0.3 is 0 Å². The number of hydrogen-bond donors (Lipinski definition) is 0. The van der Waals surface area contributed by atoms with Crippen LogP contribution in [0.25, 0.3) is 0 Å². The molecule has 0 N–H and O–H groups in total. The van der Waals surface area contributed by atoms with Crippen LogP contribution in [0.1, 0.15) is 40.4 Å². The average molecular weight is 91.2 g/mol. The number of hydrogen-bond acceptors (Lipinski definition) is 0. The lowest BCUT2D eigenvalue weighted by molar-refractivity contribution is 0.576. The largest absolute Gasteiger partial charge is 0.0654 e. The van der Waals surface area contributed by atoms with Gasteiger partial charge in [0, 0.05) is 6.85 Å². The summed E-state index contributed by atoms with van der Waals surface area (Å²) in [7, 11) is 0. The van der Waals surface area contributed by atoms with Gasteiger partial charge in [-0.15, -0.1) is 0 Å². The third kappa shape index (κ3) is 4.00. The summed E-state index contributed by atoms with van der Waals surface area (Å²) in [6, 6.07) is 0. The van der Waals surface area contributed by atoms with Gasteiger partial charge in [-0.25, -0.2) is 0 Å². The molecule has 0 aromatic rings. The predicted octanol–water partition coefficient (Wildman–Crippen LogP) is 2.44. The molecular formula is C6H14. The van der Waals surface area contributed by atoms with Crippen LogP contribution < -0.4 is 0 Å². The van der Waals surface area contributed by atoms with E-state index in [4.69, 9.17) is 6.85 Å². The molecule has 0 heterocycles. The van der Waals surface area contributed by atoms with E-state index in [9.17, 15) is 0 Å². The highest BCUT2D eigenvalue weighted by atomic mass is 13.9. The minimum Gasteiger partial charge on any atom is -0.0654 e. The maximum Gasteiger partial charge on any atom is 0.0297 e. The summed E-state index contributed by atoms with van der Waals surface area (Å²) in [4.78, 5) is 0. The van der Waals surface area contributed by atoms with E-state index in [1.54, 1.807) is 0 Å². The summed E-state index contributed by atoms with van der Waals surface area (Å²) >= 11 is 0. The molecule has 38 valence electrons. The minimum atomic E-state index is -2.13. The topological polar surface area (TPSA) is 0 Å². The monoisotopic (exact) mass is 91.1 g/mol. The molecule has 0 rings (SSSR count). The normalized spacial score (nSPS) is 28.8. The van der Waals surface area contributed by atoms with Gasteiger partial charge in [-0.1, -0.05) is 33.5 Å². The maximum absolute atomic E-state index is 7.38. The van der Waals surface area contributed by atoms with Gasteiger partial charge in [0.2, 0.25) is 0 Å². The summed E-state index contributed by atoms with van der Waals surface area (Å²) in [6.07, 6.45) is -4.10. The van der Waals surface area contributed by atoms with Gasteiger partial charge in [-0.3, -0.25) is 0 Å². The van der Waals surface area contributed by atoms with Crippen molar-refractivity contribution in [2.75, 3.05) is 0 Å². The molecule has 0 aliphatic rings. The quantitative estimate of drug-likeness (QED) is 0.489. The first kappa shape index (κ1) is 1.50. The SMILES string of the molecule is [2H]C([2H])(C)C([2H])([2H])C([2H])(C)C. The molecule has 0 saturated heterocycles. The molecule has 0 aromatic carbocycles. The van der Waals surface area contributed by atoms with Crippen LogP contribution in [0.2, 0.25) is 0 Å². The van der Waals surface area contributed by atoms with E-state index in [0.717, 1.165) is 6.92 Å². The molecule has 0 atom stereocenters. The second kappa shape index (κ2) is 3.20. The Kier molecular flexibility index (Phi) is 0.800. The fourth-order valence-corrected chi connectivity index (χ4v) is 0.250. The van der Waals surface area contributed by atoms with Crippen LogP contribution in [0.5, 0.6) is 0 Å². The molecule has 0 unspecified atom stereocenters. The third-order valence-electron chi connectivity index (χ3n) is 0.375. The highest BCUT2D eigenvalue weighted by Gasteiger charge is 1.85. The van der Waals surface area contributed by atoms with Crippen LogP contribution in [0.4, 0.5) is 0 Å². The molecule has 0 heteroatoms. The predicted molar refractivity (Wildman–Crippen MR) is 29.7 cm³/mol. The van der Waals surface area contributed by atoms with Crippen LogP contribution in [-0.2, 0) is 0 Å². The van der Waals surface area contributed by atoms with Crippen molar-refractivity contribution < 1.29 is 6.85 Å². The number of rotatable bonds is 2. The Morgan fingerprint density at radius 1 is 1.83 bits per heavy atom. The van der Waals surface area contributed by atoms with E-state index >= 15 is 0 Å². The summed E-state index contributed by atoms with van der Waals surface area (Å²) in [5.41, 5.74) is 0. The van der Waals surface area contributed by atoms with Gasteiger partial charge < -0.3 is 0 Å². The summed E-state index contributed by atoms with van der Waals surface area (Å²) in [5.74, 6) is -1.41. The van der Waals surface area contributed by atoms with E-state index in [0.29, 0.717) is 0 Å². The molecule has 0 amide bonds. The lowest BCUT2D eigenvalue weighted by atomic mass is 10.1. The van der Waals surface area contributed by atoms with Crippen molar-refractivity contribution in [2.24, 2.45) is 5.89 Å². The fourth-order valence-electron chi connectivity index (χ4n) is 0.250. The van der Waals surface area contributed by atoms with Crippen molar-refractivity contribution in [1.82, 2.24) is 0 Å². The molecule has 0 saturated carbocycles. The van der Waals surface area contributed by atoms with Gasteiger partial charge in [-0.05, 0) is 5.89 Å². The minimum absolute atomic E-state index is 1.16. The van der Waals surface area contributed by atoms with E-state index in [2.05, 4.69) is 0 Å². The molecule has 6 heavy (non-hydrogen) atoms. The molecule has 0 aromatic heterocycles. The molecule has 0 fully saturated rings. The smallest absolute Gasteiger partial charge is 0.0297 e. The van der Waals surface area contributed by atoms with Crippen LogP contribution >= 0.6 is 0 Å². The molecule has 0 spiro atoms. The Balaban J connectivity index is 4.75. The Bertz CT molecular complexity index is 122. The first-order chi connectivity index (χ1) is 4.50. The highest BCUT2D eigenvalue weighted by Crippen LogP contribution is 2.00. The van der Waals surface area contributed by atoms with E-state index in [1.165, 1.54) is 13.8 Å². The summed E-state index contributed by atoms with van der Waals surface area (Å²) < 4.78 is 36.4. The Morgan fingerprint density at radius 2 is 2.33 bits per heavy atom. The van der Waals surface area contributed by atoms with Gasteiger partial charge in [-0.2, -0.15) is 0 Å². The third-order valence-corrected chi connectivity index (χ3v) is 0.375. The van der Waals surface area contributed by atoms with Gasteiger partial charge in [0.05, 0.1) is 0 Å². The lowest BCUT2D eigenvalue weighted by Gasteiger charge is -1.95. The van der Waals surface area contributed by atoms with Crippen LogP contribution in [0, 0.1) is 5.89 Å². The van der Waals surface area contributed by atoms with Crippen molar-refractivity contribution in [3.63, 3.8) is 0 Å². The van der Waals surface area contributed by atoms with Crippen molar-refractivity contribution in [1.29, 1.82) is 0 Å². The standard InChI is InChI=1S/C6H14/c1-4-5-6(2)3/h6H,4-5H2,1-3H3/i4D2,5D2,6D. The first-order valence-electron chi connectivity index (χ1n) is 4.50. The molecule has 0 aliphatic carbocycles. The second-order valence-electron chi connectivity index (χ2n) is 1.38. The fraction of sp³-hybridized carbons (Fsp3) is 1.00. The van der Waals surface area contributed by atoms with Crippen molar-refractivity contribution in [3.8, 4) is 0 Å². The van der Waals surface area contributed by atoms with Crippen LogP contribution in [0.3, 0.4) is 0 Å². The van der Waals surface area contributed by atoms with Crippen molar-refractivity contribution in [2.45, 2.75) is 33.5 Å². The maximum atomic E-state index is 7.38. The zero-order valence-electron chi connectivity index (χ0n) is 9.50. The summed E-state index contributed by atoms with van der Waals surface area (Å²) in [5, 5.41) is 0. The summed E-state index contributed by atoms with van der Waals surface area (Å²) in [6.45, 7) is 3.89. The highest BCUT2D eigenvalue weighted by molar-refractivity contribution is 4.38. The zero-order chi connectivity index (χ0) is 9.50. The molecular weight excluding hydrogens is 72.1 g/mol. The Labute approximate surface area is 47.6 Å². The van der Waals surface area contributed by atoms with E-state index in [-0.39, 0.29) is 0 Å². The van der Waals surface area contributed by atoms with Gasteiger partial charge in [0.15, 0.2) is 0 Å². The van der Waals surface area contributed by atoms with Crippen LogP contribution in [0.15, 0.2) is 0 Å². The Hall–Kier alpha value is 0. The van der Waals surface area contributed by atoms with Crippen molar-refractivity contribution >= 4 is 0 Å². The molecule has 0 radical (unpaired) electrons. The first-order valence-corrected chi connectivity index (χ1v) is 2.00. The Morgan fingerprint density at radius 3 is 2.33 bits per heavy atom. The van der Waals surface area contributed by atoms with Gasteiger partial charge in [0.25, 0.3) is 0 Å². The molecule has 0 bridgehead atoms. The van der Waals surface area contributed by atoms with E-state index < -0.39 is 18.6 Å². The second-order valence-corrected chi connectivity index (χ2v) is 1.38.